The highest BCUT2D eigenvalue weighted by Gasteiger charge is 2.02. The van der Waals surface area contributed by atoms with Crippen LogP contribution in [0.2, 0.25) is 0 Å². The molecule has 3 N–H and O–H groups in total. The second kappa shape index (κ2) is 4.97. The Hall–Kier alpha value is -1.88. The van der Waals surface area contributed by atoms with Crippen LogP contribution in [-0.4, -0.2) is 10.9 Å². The lowest BCUT2D eigenvalue weighted by atomic mass is 10.2. The average Bonchev–Trinajstić information content (AvgIpc) is 2.73. The molecule has 0 radical (unpaired) electrons. The van der Waals surface area contributed by atoms with Gasteiger partial charge in [0.2, 0.25) is 5.91 Å². The van der Waals surface area contributed by atoms with Crippen molar-refractivity contribution >= 4 is 22.9 Å². The van der Waals surface area contributed by atoms with E-state index in [1.807, 2.05) is 24.6 Å². The zero-order valence-electron chi connectivity index (χ0n) is 9.43. The molecule has 0 fully saturated rings. The summed E-state index contributed by atoms with van der Waals surface area (Å²) in [5, 5.41) is 3.27. The minimum Gasteiger partial charge on any atom is -0.380 e. The second-order valence-corrected chi connectivity index (χ2v) is 4.60. The molecule has 1 aromatic carbocycles. The monoisotopic (exact) mass is 247 g/mol. The zero-order chi connectivity index (χ0) is 12.3. The van der Waals surface area contributed by atoms with E-state index in [9.17, 15) is 4.79 Å². The van der Waals surface area contributed by atoms with Crippen LogP contribution >= 0.6 is 11.3 Å². The van der Waals surface area contributed by atoms with Crippen molar-refractivity contribution in [2.24, 2.45) is 5.73 Å². The number of aryl methyl sites for hydroxylation is 1. The van der Waals surface area contributed by atoms with Crippen molar-refractivity contribution in [3.05, 3.63) is 45.9 Å². The van der Waals surface area contributed by atoms with E-state index in [0.717, 1.165) is 17.9 Å². The Morgan fingerprint density at radius 2 is 2.12 bits per heavy atom. The number of hydrogen-bond acceptors (Lipinski definition) is 4. The minimum atomic E-state index is -0.408. The van der Waals surface area contributed by atoms with Gasteiger partial charge in [-0.1, -0.05) is 0 Å². The molecule has 17 heavy (non-hydrogen) atoms. The molecular formula is C12H13N3OS. The fourth-order valence-electron chi connectivity index (χ4n) is 1.43. The number of nitrogens with one attached hydrogen (secondary N) is 1. The molecule has 2 rings (SSSR count). The fraction of sp³-hybridized carbons (Fsp3) is 0.167. The predicted molar refractivity (Wildman–Crippen MR) is 69.1 cm³/mol. The molecule has 5 heteroatoms. The van der Waals surface area contributed by atoms with Crippen LogP contribution in [0.1, 0.15) is 20.9 Å². The van der Waals surface area contributed by atoms with E-state index in [0.29, 0.717) is 5.56 Å². The van der Waals surface area contributed by atoms with Crippen molar-refractivity contribution in [2.45, 2.75) is 13.5 Å². The summed E-state index contributed by atoms with van der Waals surface area (Å²) in [6.07, 6.45) is 0. The van der Waals surface area contributed by atoms with Gasteiger partial charge in [0, 0.05) is 16.1 Å². The first-order valence-corrected chi connectivity index (χ1v) is 6.07. The first-order valence-electron chi connectivity index (χ1n) is 5.19. The Morgan fingerprint density at radius 1 is 1.41 bits per heavy atom. The first kappa shape index (κ1) is 11.6. The molecule has 4 nitrogen and oxygen atoms in total. The maximum atomic E-state index is 10.9. The molecule has 2 aromatic rings. The van der Waals surface area contributed by atoms with Gasteiger partial charge in [-0.15, -0.1) is 11.3 Å². The summed E-state index contributed by atoms with van der Waals surface area (Å²) in [5.74, 6) is -0.408. The van der Waals surface area contributed by atoms with Gasteiger partial charge in [0.1, 0.15) is 0 Å². The highest BCUT2D eigenvalue weighted by molar-refractivity contribution is 7.09. The van der Waals surface area contributed by atoms with Crippen molar-refractivity contribution in [3.8, 4) is 0 Å². The Kier molecular flexibility index (Phi) is 3.39. The number of rotatable bonds is 4. The molecule has 1 aromatic heterocycles. The van der Waals surface area contributed by atoms with Gasteiger partial charge in [-0.05, 0) is 31.2 Å². The van der Waals surface area contributed by atoms with Crippen molar-refractivity contribution in [2.75, 3.05) is 5.32 Å². The molecular weight excluding hydrogens is 234 g/mol. The SMILES string of the molecule is Cc1ncsc1CNc1ccc(C(N)=O)cc1. The molecule has 0 bridgehead atoms. The normalized spacial score (nSPS) is 10.2. The van der Waals surface area contributed by atoms with E-state index in [1.165, 1.54) is 4.88 Å². The van der Waals surface area contributed by atoms with Gasteiger partial charge in [0.25, 0.3) is 0 Å². The van der Waals surface area contributed by atoms with Gasteiger partial charge in [-0.25, -0.2) is 4.98 Å². The van der Waals surface area contributed by atoms with Crippen LogP contribution in [0.5, 0.6) is 0 Å². The summed E-state index contributed by atoms with van der Waals surface area (Å²) in [6, 6.07) is 7.11. The van der Waals surface area contributed by atoms with Gasteiger partial charge in [0.15, 0.2) is 0 Å². The molecule has 0 aliphatic heterocycles. The van der Waals surface area contributed by atoms with Crippen LogP contribution in [-0.2, 0) is 6.54 Å². The van der Waals surface area contributed by atoms with Crippen molar-refractivity contribution in [1.82, 2.24) is 4.98 Å². The average molecular weight is 247 g/mol. The van der Waals surface area contributed by atoms with Crippen LogP contribution in [0, 0.1) is 6.92 Å². The number of carbonyl (C=O) groups excluding carboxylic acids is 1. The van der Waals surface area contributed by atoms with Gasteiger partial charge >= 0.3 is 0 Å². The molecule has 0 spiro atoms. The summed E-state index contributed by atoms with van der Waals surface area (Å²) in [7, 11) is 0. The summed E-state index contributed by atoms with van der Waals surface area (Å²) in [4.78, 5) is 16.3. The van der Waals surface area contributed by atoms with Crippen molar-refractivity contribution in [3.63, 3.8) is 0 Å². The fourth-order valence-corrected chi connectivity index (χ4v) is 2.15. The largest absolute Gasteiger partial charge is 0.380 e. The van der Waals surface area contributed by atoms with Gasteiger partial charge in [-0.3, -0.25) is 4.79 Å². The second-order valence-electron chi connectivity index (χ2n) is 3.66. The summed E-state index contributed by atoms with van der Waals surface area (Å²) >= 11 is 1.63. The molecule has 0 unspecified atom stereocenters. The molecule has 1 amide bonds. The topological polar surface area (TPSA) is 68.0 Å². The summed E-state index contributed by atoms with van der Waals surface area (Å²) in [5.41, 5.74) is 9.54. The van der Waals surface area contributed by atoms with Crippen LogP contribution in [0.15, 0.2) is 29.8 Å². The lowest BCUT2D eigenvalue weighted by molar-refractivity contribution is 0.100. The van der Waals surface area contributed by atoms with E-state index in [-0.39, 0.29) is 0 Å². The number of nitrogens with two attached hydrogens (primary N) is 1. The lowest BCUT2D eigenvalue weighted by Crippen LogP contribution is -2.10. The predicted octanol–water partition coefficient (Wildman–Crippen LogP) is 2.16. The third-order valence-electron chi connectivity index (χ3n) is 2.47. The number of amides is 1. The molecule has 0 atom stereocenters. The quantitative estimate of drug-likeness (QED) is 0.870. The number of hydrogen-bond donors (Lipinski definition) is 2. The van der Waals surface area contributed by atoms with Crippen molar-refractivity contribution in [1.29, 1.82) is 0 Å². The van der Waals surface area contributed by atoms with Gasteiger partial charge in [-0.2, -0.15) is 0 Å². The third-order valence-corrected chi connectivity index (χ3v) is 3.40. The van der Waals surface area contributed by atoms with E-state index in [1.54, 1.807) is 23.5 Å². The molecule has 0 aliphatic carbocycles. The number of nitrogens with zero attached hydrogens (tertiary/aromatic N) is 1. The Labute approximate surface area is 103 Å². The Balaban J connectivity index is 2.00. The summed E-state index contributed by atoms with van der Waals surface area (Å²) < 4.78 is 0. The van der Waals surface area contributed by atoms with E-state index in [2.05, 4.69) is 10.3 Å². The molecule has 1 heterocycles. The van der Waals surface area contributed by atoms with E-state index < -0.39 is 5.91 Å². The number of anilines is 1. The highest BCUT2D eigenvalue weighted by atomic mass is 32.1. The summed E-state index contributed by atoms with van der Waals surface area (Å²) in [6.45, 7) is 2.73. The maximum Gasteiger partial charge on any atom is 0.248 e. The van der Waals surface area contributed by atoms with Gasteiger partial charge < -0.3 is 11.1 Å². The first-order chi connectivity index (χ1) is 8.16. The van der Waals surface area contributed by atoms with E-state index >= 15 is 0 Å². The molecule has 88 valence electrons. The minimum absolute atomic E-state index is 0.408. The van der Waals surface area contributed by atoms with Crippen LogP contribution in [0.4, 0.5) is 5.69 Å². The van der Waals surface area contributed by atoms with Crippen LogP contribution < -0.4 is 11.1 Å². The number of thiazole rings is 1. The van der Waals surface area contributed by atoms with E-state index in [4.69, 9.17) is 5.73 Å². The number of aromatic nitrogens is 1. The highest BCUT2D eigenvalue weighted by Crippen LogP contribution is 2.15. The Bertz CT molecular complexity index is 519. The van der Waals surface area contributed by atoms with Gasteiger partial charge in [0.05, 0.1) is 17.7 Å². The standard InChI is InChI=1S/C12H13N3OS/c1-8-11(17-7-15-8)6-14-10-4-2-9(3-5-10)12(13)16/h2-5,7,14H,6H2,1H3,(H2,13,16). The number of primary amides is 1. The van der Waals surface area contributed by atoms with Crippen molar-refractivity contribution < 1.29 is 4.79 Å². The zero-order valence-corrected chi connectivity index (χ0v) is 10.3. The lowest BCUT2D eigenvalue weighted by Gasteiger charge is -2.05. The maximum absolute atomic E-state index is 10.9. The Morgan fingerprint density at radius 3 is 2.65 bits per heavy atom. The number of benzene rings is 1. The molecule has 0 aliphatic rings. The smallest absolute Gasteiger partial charge is 0.248 e. The third kappa shape index (κ3) is 2.82. The molecule has 0 saturated carbocycles. The molecule has 0 saturated heterocycles. The van der Waals surface area contributed by atoms with Crippen LogP contribution in [0.25, 0.3) is 0 Å². The number of carbonyl (C=O) groups is 1. The van der Waals surface area contributed by atoms with Crippen LogP contribution in [0.3, 0.4) is 0 Å².